The third kappa shape index (κ3) is 20.1. The molecule has 4 unspecified atom stereocenters. The predicted octanol–water partition coefficient (Wildman–Crippen LogP) is 12.3. The van der Waals surface area contributed by atoms with Crippen molar-refractivity contribution >= 4 is 127 Å². The predicted molar refractivity (Wildman–Crippen MR) is 367 cm³/mol. The summed E-state index contributed by atoms with van der Waals surface area (Å²) >= 11 is 0. The van der Waals surface area contributed by atoms with Crippen molar-refractivity contribution in [3.63, 3.8) is 0 Å². The number of ether oxygens (including phenoxy) is 4. The second-order valence-corrected chi connectivity index (χ2v) is 24.1. The fourth-order valence-corrected chi connectivity index (χ4v) is 13.1. The molecule has 24 nitrogen and oxygen atoms in total. The number of nitrogens with zero attached hydrogens (tertiary/aromatic N) is 4. The number of carbonyl (C=O) groups excluding carboxylic acids is 8. The molecule has 4 aliphatic carbocycles. The van der Waals surface area contributed by atoms with Gasteiger partial charge in [-0.1, -0.05) is 86.3 Å². The summed E-state index contributed by atoms with van der Waals surface area (Å²) in [5.41, 5.74) is 49.6. The summed E-state index contributed by atoms with van der Waals surface area (Å²) in [5, 5.41) is 4.88. The van der Waals surface area contributed by atoms with Gasteiger partial charge in [0.1, 0.15) is 0 Å². The zero-order valence-corrected chi connectivity index (χ0v) is 61.0. The first-order valence-electron chi connectivity index (χ1n) is 28.0. The number of amides is 4. The van der Waals surface area contributed by atoms with E-state index in [1.165, 1.54) is 66.1 Å². The van der Waals surface area contributed by atoms with Crippen LogP contribution in [0.2, 0.25) is 0 Å². The number of H-pyrrole nitrogens is 4. The van der Waals surface area contributed by atoms with E-state index in [0.29, 0.717) is 22.3 Å². The summed E-state index contributed by atoms with van der Waals surface area (Å²) in [6.07, 6.45) is 3.40. The molecule has 0 bridgehead atoms. The van der Waals surface area contributed by atoms with E-state index < -0.39 is 24.4 Å². The maximum absolute atomic E-state index is 10.8. The quantitative estimate of drug-likeness (QED) is 0.0561. The molecule has 10 aromatic rings. The van der Waals surface area contributed by atoms with Crippen LogP contribution in [-0.2, 0) is 164 Å². The molecule has 0 spiro atoms. The van der Waals surface area contributed by atoms with Gasteiger partial charge in [0.2, 0.25) is 24.4 Å². The topological polar surface area (TPSA) is 383 Å². The number of carbonyl (C=O) groups is 4. The second-order valence-electron chi connectivity index (χ2n) is 20.4. The molecule has 4 aromatic heterocycles. The van der Waals surface area contributed by atoms with Crippen molar-refractivity contribution in [1.82, 2.24) is 39.9 Å². The SMILES string of the molecule is C.COC([NH-])=O.COC([NH-])=O.COC([NH-])=O.COC([NH-])=O.O=[C-]Pc1nc2c([nH]1)CCc1cc(-c3ccc4c5c(ccc4c3)-c3nc(P[C-]=O)[nH]c3CC5)ccc1-2.O=[C-]Pc1nc2c([nH]1)CCc1cc(-c3ccc4cc5c(cc4c3)CCc3[nH]c(P[C-]=O)nc3-5)ccc1-2.[V+2].[V+2].[V+2].[V+2]. The number of aromatic nitrogens is 8. The smallest absolute Gasteiger partial charge is 0.632 e. The molecule has 4 atom stereocenters. The summed E-state index contributed by atoms with van der Waals surface area (Å²) in [7, 11) is 4.41. The van der Waals surface area contributed by atoms with E-state index in [9.17, 15) is 38.4 Å². The van der Waals surface area contributed by atoms with Crippen molar-refractivity contribution in [2.24, 2.45) is 0 Å². The van der Waals surface area contributed by atoms with Gasteiger partial charge in [-0.3, -0.25) is 19.2 Å². The van der Waals surface area contributed by atoms with Crippen LogP contribution < -0.4 is 22.3 Å². The van der Waals surface area contributed by atoms with Crippen LogP contribution in [0, 0.1) is 0 Å². The molecule has 6 aromatic carbocycles. The Hall–Kier alpha value is -7.50. The summed E-state index contributed by atoms with van der Waals surface area (Å²) in [6.45, 7) is 0. The van der Waals surface area contributed by atoms with Crippen molar-refractivity contribution in [1.29, 1.82) is 0 Å². The summed E-state index contributed by atoms with van der Waals surface area (Å²) in [6, 6.07) is 43.3. The molecule has 14 rings (SSSR count). The van der Waals surface area contributed by atoms with Gasteiger partial charge in [0, 0.05) is 45.0 Å². The minimum atomic E-state index is -0.995. The van der Waals surface area contributed by atoms with Crippen molar-refractivity contribution < 1.29 is 132 Å². The van der Waals surface area contributed by atoms with E-state index in [-0.39, 0.29) is 116 Å². The number of benzene rings is 6. The zero-order valence-electron chi connectivity index (χ0n) is 51.4. The number of fused-ring (bicyclic) bond motifs is 15. The Morgan fingerprint density at radius 3 is 1.05 bits per heavy atom. The van der Waals surface area contributed by atoms with Gasteiger partial charge in [0.25, 0.3) is 0 Å². The van der Waals surface area contributed by atoms with Crippen molar-refractivity contribution in [2.45, 2.75) is 58.8 Å². The van der Waals surface area contributed by atoms with Crippen LogP contribution >= 0.6 is 34.3 Å². The first kappa shape index (κ1) is 81.9. The van der Waals surface area contributed by atoms with Crippen molar-refractivity contribution in [2.75, 3.05) is 28.4 Å². The molecule has 8 N–H and O–H groups in total. The Morgan fingerprint density at radius 2 is 0.670 bits per heavy atom. The minimum Gasteiger partial charge on any atom is -0.632 e. The van der Waals surface area contributed by atoms with Gasteiger partial charge in [0.15, 0.2) is 0 Å². The number of nitrogens with one attached hydrogen (secondary N) is 8. The molecule has 4 heterocycles. The Balaban J connectivity index is 0.000000310. The zero-order chi connectivity index (χ0) is 65.6. The molecular weight excluding hydrogens is 1470 g/mol. The van der Waals surface area contributed by atoms with Gasteiger partial charge >= 0.3 is 74.2 Å². The molecule has 0 saturated carbocycles. The molecule has 4 radical (unpaired) electrons. The molecule has 4 aliphatic rings. The molecule has 0 fully saturated rings. The number of hydrogen-bond donors (Lipinski definition) is 4. The summed E-state index contributed by atoms with van der Waals surface area (Å²) in [4.78, 5) is 112. The van der Waals surface area contributed by atoms with Crippen molar-refractivity contribution in [3.8, 4) is 67.3 Å². The molecule has 32 heteroatoms. The van der Waals surface area contributed by atoms with Gasteiger partial charge in [0.05, 0.1) is 73.5 Å². The van der Waals surface area contributed by atoms with E-state index in [1.54, 1.807) is 0 Å². The summed E-state index contributed by atoms with van der Waals surface area (Å²) < 4.78 is 15.1. The van der Waals surface area contributed by atoms with E-state index in [0.717, 1.165) is 148 Å². The van der Waals surface area contributed by atoms with Crippen LogP contribution in [0.1, 0.15) is 52.5 Å². The fraction of sp³-hybridized carbons (Fsp3) is 0.200. The fourth-order valence-electron chi connectivity index (χ4n) is 11.2. The van der Waals surface area contributed by atoms with Crippen LogP contribution in [-0.4, -0.2) is 117 Å². The average Bonchev–Trinajstić information content (AvgIpc) is 1.77. The van der Waals surface area contributed by atoms with E-state index in [4.69, 9.17) is 32.9 Å². The summed E-state index contributed by atoms with van der Waals surface area (Å²) in [5.74, 6) is 0. The largest absolute Gasteiger partial charge is 2.00 e. The van der Waals surface area contributed by atoms with Crippen LogP contribution in [0.15, 0.2) is 97.1 Å². The average molecular weight is 1530 g/mol. The third-order valence-corrected chi connectivity index (χ3v) is 17.5. The van der Waals surface area contributed by atoms with Crippen LogP contribution in [0.3, 0.4) is 0 Å². The van der Waals surface area contributed by atoms with E-state index in [2.05, 4.69) is 146 Å². The monoisotopic (exact) mass is 1530 g/mol. The van der Waals surface area contributed by atoms with Crippen LogP contribution in [0.25, 0.3) is 112 Å². The number of aryl methyl sites for hydroxylation is 8. The first-order chi connectivity index (χ1) is 44.5. The second kappa shape index (κ2) is 38.6. The van der Waals surface area contributed by atoms with Crippen molar-refractivity contribution in [3.05, 3.63) is 165 Å². The Bertz CT molecular complexity index is 4270. The van der Waals surface area contributed by atoms with Crippen LogP contribution in [0.4, 0.5) is 19.2 Å². The van der Waals surface area contributed by atoms with Crippen LogP contribution in [0.5, 0.6) is 0 Å². The minimum absolute atomic E-state index is 0. The number of rotatable bonds is 10. The number of methoxy groups -OCH3 is 4. The van der Waals surface area contributed by atoms with Gasteiger partial charge in [-0.2, -0.15) is 34.3 Å². The van der Waals surface area contributed by atoms with E-state index >= 15 is 0 Å². The molecular formula is C65H60N12O12P4V4. The van der Waals surface area contributed by atoms with Gasteiger partial charge in [-0.05, 0) is 136 Å². The van der Waals surface area contributed by atoms with E-state index in [1.807, 2.05) is 24.1 Å². The standard InChI is InChI=1S/2C28H20N4O2P2.4C2H5NO2.CH4.4V/c33-13-35-27-29-23-9-4-18-12-16(2-6-20(18)25(23)31-27)15-1-5-19-17(11-15)3-7-22-21(19)8-10-24-26(22)32-28(30-24)36-14-34;33-13-35-27-29-23-7-4-18-9-16(3-6-21(18)25(23)31-27)15-1-2-17-12-22-19(11-20(17)10-15)5-8-24-26(22)32-28(30-24)36-14-34;4*1-5-2(3)4;;;;;/h1-3,5-7,11-12,35-36H,4,8-10H2,(H,29,31)(H,30,32);1-3,6,9-12,35-36H,4-5,7-8H2,(H,29,31)(H,30,32);4*1H3,(H2,3,4);1H4;;;;/q2*-2;;;;;;4*+2/p-4. The molecule has 492 valence electrons. The molecule has 0 saturated heterocycles. The first-order valence-corrected chi connectivity index (χ1v) is 32.0. The normalized spacial score (nSPS) is 11.9. The third-order valence-electron chi connectivity index (χ3n) is 15.2. The van der Waals surface area contributed by atoms with Gasteiger partial charge < -0.3 is 81.0 Å². The molecule has 4 amide bonds. The van der Waals surface area contributed by atoms with Gasteiger partial charge in [-0.25, -0.2) is 44.0 Å². The number of hydrogen-bond acceptors (Lipinski definition) is 16. The Morgan fingerprint density at radius 1 is 0.371 bits per heavy atom. The number of aromatic amines is 4. The Kier molecular flexibility index (Phi) is 32.6. The maximum Gasteiger partial charge on any atom is 2.00 e. The number of imidazole rings is 4. The maximum atomic E-state index is 10.8. The molecule has 97 heavy (non-hydrogen) atoms. The Labute approximate surface area is 612 Å². The molecule has 0 aliphatic heterocycles. The van der Waals surface area contributed by atoms with Gasteiger partial charge in [-0.15, -0.1) is 0 Å².